The van der Waals surface area contributed by atoms with E-state index in [0.717, 1.165) is 4.68 Å². The van der Waals surface area contributed by atoms with E-state index in [4.69, 9.17) is 28.3 Å². The van der Waals surface area contributed by atoms with Crippen molar-refractivity contribution in [2.75, 3.05) is 5.32 Å². The predicted octanol–water partition coefficient (Wildman–Crippen LogP) is 2.46. The van der Waals surface area contributed by atoms with Crippen molar-refractivity contribution in [3.05, 3.63) is 38.5 Å². The van der Waals surface area contributed by atoms with Crippen molar-refractivity contribution >= 4 is 34.9 Å². The molecule has 0 aliphatic rings. The summed E-state index contributed by atoms with van der Waals surface area (Å²) in [6, 6.07) is 2.17. The lowest BCUT2D eigenvalue weighted by molar-refractivity contribution is -0.137. The molecule has 2 aromatic rings. The first-order chi connectivity index (χ1) is 10.8. The average molecular weight is 359 g/mol. The van der Waals surface area contributed by atoms with Crippen LogP contribution in [0.5, 0.6) is 0 Å². The number of hydrogen-bond donors (Lipinski definition) is 2. The molecule has 0 spiro atoms. The summed E-state index contributed by atoms with van der Waals surface area (Å²) in [5.74, 6) is -0.474. The minimum absolute atomic E-state index is 0.240. The fraction of sp³-hybridized carbons (Fsp3) is 0.357. The Labute approximate surface area is 142 Å². The Bertz CT molecular complexity index is 813. The first-order valence-electron chi connectivity index (χ1n) is 6.87. The van der Waals surface area contributed by atoms with E-state index in [1.165, 1.54) is 16.7 Å². The van der Waals surface area contributed by atoms with Crippen LogP contribution in [0.25, 0.3) is 5.69 Å². The molecule has 1 atom stereocenters. The topological polar surface area (TPSA) is 89.2 Å². The molecule has 9 heteroatoms. The van der Waals surface area contributed by atoms with Crippen molar-refractivity contribution in [3.8, 4) is 5.69 Å². The quantitative estimate of drug-likeness (QED) is 0.856. The maximum absolute atomic E-state index is 12.2. The lowest BCUT2D eigenvalue weighted by Gasteiger charge is -2.16. The maximum Gasteiger partial charge on any atom is 0.350 e. The summed E-state index contributed by atoms with van der Waals surface area (Å²) >= 11 is 12.3. The van der Waals surface area contributed by atoms with E-state index >= 15 is 0 Å². The Kier molecular flexibility index (Phi) is 5.01. The second-order valence-corrected chi connectivity index (χ2v) is 5.84. The normalized spacial score (nSPS) is 12.2. The highest BCUT2D eigenvalue weighted by atomic mass is 35.5. The summed E-state index contributed by atoms with van der Waals surface area (Å²) in [6.45, 7) is 3.43. The number of carboxylic acid groups (broad SMARTS) is 1. The first-order valence-corrected chi connectivity index (χ1v) is 7.63. The number of aryl methyl sites for hydroxylation is 1. The average Bonchev–Trinajstić information content (AvgIpc) is 2.73. The van der Waals surface area contributed by atoms with Crippen LogP contribution in [-0.4, -0.2) is 31.5 Å². The number of aromatic nitrogens is 3. The molecule has 0 aliphatic heterocycles. The molecule has 0 saturated carbocycles. The molecule has 2 N–H and O–H groups in total. The third-order valence-electron chi connectivity index (χ3n) is 3.50. The van der Waals surface area contributed by atoms with E-state index in [1.54, 1.807) is 20.9 Å². The third-order valence-corrected chi connectivity index (χ3v) is 4.11. The SMILES string of the molecule is CCC(Nc1cc(-n2nc(C)n(C)c2=O)c(Cl)cc1Cl)C(=O)O. The van der Waals surface area contributed by atoms with E-state index < -0.39 is 12.0 Å². The van der Waals surface area contributed by atoms with Crippen molar-refractivity contribution in [1.29, 1.82) is 0 Å². The molecule has 23 heavy (non-hydrogen) atoms. The van der Waals surface area contributed by atoms with Gasteiger partial charge >= 0.3 is 11.7 Å². The van der Waals surface area contributed by atoms with Crippen LogP contribution in [0.3, 0.4) is 0 Å². The number of carboxylic acids is 1. The van der Waals surface area contributed by atoms with Gasteiger partial charge in [0.25, 0.3) is 0 Å². The van der Waals surface area contributed by atoms with Gasteiger partial charge in [0.2, 0.25) is 0 Å². The van der Waals surface area contributed by atoms with Crippen LogP contribution in [-0.2, 0) is 11.8 Å². The number of halogens is 2. The monoisotopic (exact) mass is 358 g/mol. The molecule has 1 heterocycles. The van der Waals surface area contributed by atoms with E-state index in [1.807, 2.05) is 0 Å². The van der Waals surface area contributed by atoms with Crippen LogP contribution in [0.4, 0.5) is 5.69 Å². The molecule has 0 fully saturated rings. The van der Waals surface area contributed by atoms with Crippen LogP contribution >= 0.6 is 23.2 Å². The molecule has 7 nitrogen and oxygen atoms in total. The summed E-state index contributed by atoms with van der Waals surface area (Å²) in [5.41, 5.74) is 0.339. The smallest absolute Gasteiger partial charge is 0.350 e. The summed E-state index contributed by atoms with van der Waals surface area (Å²) < 4.78 is 2.53. The van der Waals surface area contributed by atoms with E-state index in [0.29, 0.717) is 23.6 Å². The number of rotatable bonds is 5. The molecule has 1 aromatic heterocycles. The number of benzene rings is 1. The second kappa shape index (κ2) is 6.64. The van der Waals surface area contributed by atoms with Crippen LogP contribution in [0.15, 0.2) is 16.9 Å². The Morgan fingerprint density at radius 1 is 1.39 bits per heavy atom. The zero-order chi connectivity index (χ0) is 17.3. The van der Waals surface area contributed by atoms with Crippen LogP contribution in [0.1, 0.15) is 19.2 Å². The van der Waals surface area contributed by atoms with Crippen molar-refractivity contribution in [2.24, 2.45) is 7.05 Å². The third kappa shape index (κ3) is 3.35. The maximum atomic E-state index is 12.2. The van der Waals surface area contributed by atoms with E-state index in [9.17, 15) is 9.59 Å². The van der Waals surface area contributed by atoms with Gasteiger partial charge in [0, 0.05) is 7.05 Å². The van der Waals surface area contributed by atoms with Gasteiger partial charge in [-0.3, -0.25) is 4.57 Å². The Hall–Kier alpha value is -1.99. The van der Waals surface area contributed by atoms with Crippen LogP contribution in [0.2, 0.25) is 10.0 Å². The van der Waals surface area contributed by atoms with Gasteiger partial charge < -0.3 is 10.4 Å². The van der Waals surface area contributed by atoms with E-state index in [-0.39, 0.29) is 15.7 Å². The number of anilines is 1. The highest BCUT2D eigenvalue weighted by Gasteiger charge is 2.19. The number of carbonyl (C=O) groups is 1. The van der Waals surface area contributed by atoms with Crippen molar-refractivity contribution in [2.45, 2.75) is 26.3 Å². The molecule has 0 radical (unpaired) electrons. The van der Waals surface area contributed by atoms with Gasteiger partial charge in [-0.15, -0.1) is 0 Å². The summed E-state index contributed by atoms with van der Waals surface area (Å²) in [5, 5.41) is 16.6. The number of nitrogens with one attached hydrogen (secondary N) is 1. The Morgan fingerprint density at radius 2 is 2.04 bits per heavy atom. The Balaban J connectivity index is 2.54. The highest BCUT2D eigenvalue weighted by molar-refractivity contribution is 6.37. The molecular formula is C14H16Cl2N4O3. The summed E-state index contributed by atoms with van der Waals surface area (Å²) in [6.07, 6.45) is 0.367. The first kappa shape index (κ1) is 17.4. The molecular weight excluding hydrogens is 343 g/mol. The van der Waals surface area contributed by atoms with Gasteiger partial charge in [-0.1, -0.05) is 30.1 Å². The standard InChI is InChI=1S/C14H16Cl2N4O3/c1-4-10(13(21)22)17-11-6-12(9(16)5-8(11)15)20-14(23)19(3)7(2)18-20/h5-6,10,17H,4H2,1-3H3,(H,21,22). The van der Waals surface area contributed by atoms with Crippen molar-refractivity contribution < 1.29 is 9.90 Å². The lowest BCUT2D eigenvalue weighted by atomic mass is 10.2. The minimum Gasteiger partial charge on any atom is -0.480 e. The Morgan fingerprint density at radius 3 is 2.52 bits per heavy atom. The van der Waals surface area contributed by atoms with Gasteiger partial charge in [0.05, 0.1) is 21.4 Å². The van der Waals surface area contributed by atoms with Gasteiger partial charge in [-0.2, -0.15) is 9.78 Å². The molecule has 0 saturated heterocycles. The number of nitrogens with zero attached hydrogens (tertiary/aromatic N) is 3. The fourth-order valence-corrected chi connectivity index (χ4v) is 2.55. The van der Waals surface area contributed by atoms with Crippen LogP contribution < -0.4 is 11.0 Å². The van der Waals surface area contributed by atoms with Crippen molar-refractivity contribution in [1.82, 2.24) is 14.3 Å². The summed E-state index contributed by atoms with van der Waals surface area (Å²) in [7, 11) is 1.60. The predicted molar refractivity (Wildman–Crippen MR) is 88.9 cm³/mol. The van der Waals surface area contributed by atoms with Gasteiger partial charge in [0.1, 0.15) is 11.9 Å². The molecule has 1 aromatic carbocycles. The lowest BCUT2D eigenvalue weighted by Crippen LogP contribution is -2.28. The highest BCUT2D eigenvalue weighted by Crippen LogP contribution is 2.31. The number of aliphatic carboxylic acids is 1. The van der Waals surface area contributed by atoms with Gasteiger partial charge in [-0.25, -0.2) is 9.59 Å². The fourth-order valence-electron chi connectivity index (χ4n) is 2.03. The molecule has 0 aliphatic carbocycles. The minimum atomic E-state index is -0.995. The molecule has 124 valence electrons. The number of hydrogen-bond acceptors (Lipinski definition) is 4. The van der Waals surface area contributed by atoms with Crippen LogP contribution in [0, 0.1) is 6.92 Å². The second-order valence-electron chi connectivity index (χ2n) is 5.03. The van der Waals surface area contributed by atoms with Gasteiger partial charge in [-0.05, 0) is 25.5 Å². The van der Waals surface area contributed by atoms with Crippen molar-refractivity contribution in [3.63, 3.8) is 0 Å². The van der Waals surface area contributed by atoms with E-state index in [2.05, 4.69) is 10.4 Å². The zero-order valence-corrected chi connectivity index (χ0v) is 14.3. The zero-order valence-electron chi connectivity index (χ0n) is 12.8. The molecule has 0 amide bonds. The largest absolute Gasteiger partial charge is 0.480 e. The molecule has 1 unspecified atom stereocenters. The molecule has 2 rings (SSSR count). The summed E-state index contributed by atoms with van der Waals surface area (Å²) in [4.78, 5) is 23.3. The molecule has 0 bridgehead atoms. The van der Waals surface area contributed by atoms with Gasteiger partial charge in [0.15, 0.2) is 0 Å².